The number of hydrogen-bond donors (Lipinski definition) is 3. The lowest BCUT2D eigenvalue weighted by Gasteiger charge is -2.08. The molecule has 0 radical (unpaired) electrons. The van der Waals surface area contributed by atoms with E-state index in [1.54, 1.807) is 7.05 Å². The lowest BCUT2D eigenvalue weighted by molar-refractivity contribution is 0.592. The van der Waals surface area contributed by atoms with Crippen LogP contribution in [0, 0.1) is 0 Å². The second kappa shape index (κ2) is 4.13. The van der Waals surface area contributed by atoms with Crippen molar-refractivity contribution in [1.29, 1.82) is 0 Å². The molecule has 4 N–H and O–H groups in total. The van der Waals surface area contributed by atoms with Gasteiger partial charge >= 0.3 is 0 Å². The lowest BCUT2D eigenvalue weighted by Crippen LogP contribution is -2.28. The van der Waals surface area contributed by atoms with Crippen molar-refractivity contribution in [2.45, 2.75) is 0 Å². The van der Waals surface area contributed by atoms with Gasteiger partial charge in [-0.05, 0) is 0 Å². The third-order valence-corrected chi connectivity index (χ3v) is 2.92. The fraction of sp³-hybridized carbons (Fsp3) is 0.333. The van der Waals surface area contributed by atoms with E-state index in [9.17, 15) is 8.42 Å². The molecule has 1 rings (SSSR count). The molecule has 0 aliphatic rings. The molecule has 15 heavy (non-hydrogen) atoms. The van der Waals surface area contributed by atoms with Crippen LogP contribution in [0.3, 0.4) is 0 Å². The molecule has 0 saturated heterocycles. The zero-order valence-corrected chi connectivity index (χ0v) is 9.82. The van der Waals surface area contributed by atoms with E-state index in [-0.39, 0.29) is 10.8 Å². The number of hydrogen-bond acceptors (Lipinski definition) is 4. The summed E-state index contributed by atoms with van der Waals surface area (Å²) in [4.78, 5) is 0.0805. The largest absolute Gasteiger partial charge is 0.389 e. The van der Waals surface area contributed by atoms with Gasteiger partial charge in [-0.3, -0.25) is 9.40 Å². The number of aryl methyl sites for hydroxylation is 1. The highest BCUT2D eigenvalue weighted by molar-refractivity contribution is 7.90. The molecule has 0 bridgehead atoms. The van der Waals surface area contributed by atoms with Gasteiger partial charge in [0.15, 0.2) is 0 Å². The Bertz CT molecular complexity index is 478. The molecule has 1 aromatic heterocycles. The van der Waals surface area contributed by atoms with E-state index in [4.69, 9.17) is 18.0 Å². The summed E-state index contributed by atoms with van der Waals surface area (Å²) in [5.41, 5.74) is 5.79. The predicted octanol–water partition coefficient (Wildman–Crippen LogP) is -1.07. The van der Waals surface area contributed by atoms with Gasteiger partial charge in [-0.15, -0.1) is 0 Å². The van der Waals surface area contributed by atoms with Gasteiger partial charge in [0.1, 0.15) is 10.8 Å². The van der Waals surface area contributed by atoms with Crippen molar-refractivity contribution in [3.63, 3.8) is 0 Å². The predicted molar refractivity (Wildman–Crippen MR) is 60.7 cm³/mol. The summed E-state index contributed by atoms with van der Waals surface area (Å²) in [6, 6.07) is 0. The summed E-state index contributed by atoms with van der Waals surface area (Å²) in [6.45, 7) is 0. The first-order valence-electron chi connectivity index (χ1n) is 3.90. The monoisotopic (exact) mass is 249 g/mol. The number of nitrogens with two attached hydrogens (primary N) is 1. The fourth-order valence-electron chi connectivity index (χ4n) is 0.917. The Kier molecular flexibility index (Phi) is 3.27. The average Bonchev–Trinajstić information content (AvgIpc) is 2.48. The van der Waals surface area contributed by atoms with Crippen molar-refractivity contribution in [3.05, 3.63) is 11.8 Å². The molecule has 0 saturated carbocycles. The number of thiocarbonyl (C=S) groups is 1. The number of rotatable bonds is 4. The molecule has 9 heteroatoms. The van der Waals surface area contributed by atoms with Crippen LogP contribution in [0.5, 0.6) is 0 Å². The number of nitrogens with one attached hydrogen (secondary N) is 2. The first kappa shape index (κ1) is 11.9. The van der Waals surface area contributed by atoms with Crippen LogP contribution >= 0.6 is 12.2 Å². The third kappa shape index (κ3) is 2.64. The van der Waals surface area contributed by atoms with Gasteiger partial charge in [0.05, 0.1) is 11.8 Å². The molecule has 7 nitrogen and oxygen atoms in total. The summed E-state index contributed by atoms with van der Waals surface area (Å²) in [7, 11) is -0.728. The fourth-order valence-corrected chi connectivity index (χ4v) is 1.67. The first-order valence-corrected chi connectivity index (χ1v) is 5.79. The van der Waals surface area contributed by atoms with Crippen molar-refractivity contribution >= 4 is 33.2 Å². The molecule has 0 atom stereocenters. The van der Waals surface area contributed by atoms with Crippen LogP contribution in [-0.4, -0.2) is 30.2 Å². The van der Waals surface area contributed by atoms with E-state index in [1.165, 1.54) is 17.9 Å². The van der Waals surface area contributed by atoms with Gasteiger partial charge in [0.2, 0.25) is 0 Å². The minimum atomic E-state index is -3.60. The highest BCUT2D eigenvalue weighted by Gasteiger charge is 2.15. The van der Waals surface area contributed by atoms with Crippen LogP contribution < -0.4 is 15.2 Å². The molecular formula is C6H11N5O2S2. The maximum absolute atomic E-state index is 11.2. The summed E-state index contributed by atoms with van der Waals surface area (Å²) in [5, 5.41) is 3.85. The normalized spacial score (nSPS) is 11.3. The molecular weight excluding hydrogens is 238 g/mol. The highest BCUT2D eigenvalue weighted by Crippen LogP contribution is 2.14. The van der Waals surface area contributed by atoms with Crippen LogP contribution in [-0.2, 0) is 17.3 Å². The van der Waals surface area contributed by atoms with Crippen molar-refractivity contribution in [3.8, 4) is 0 Å². The van der Waals surface area contributed by atoms with E-state index < -0.39 is 10.2 Å². The Hall–Kier alpha value is -1.19. The molecule has 0 fully saturated rings. The van der Waals surface area contributed by atoms with Crippen molar-refractivity contribution in [2.75, 3.05) is 11.8 Å². The van der Waals surface area contributed by atoms with Gasteiger partial charge in [0, 0.05) is 14.1 Å². The highest BCUT2D eigenvalue weighted by atomic mass is 32.2. The van der Waals surface area contributed by atoms with E-state index in [2.05, 4.69) is 14.5 Å². The van der Waals surface area contributed by atoms with Gasteiger partial charge in [-0.2, -0.15) is 13.5 Å². The first-order chi connectivity index (χ1) is 6.87. The molecule has 0 spiro atoms. The second-order valence-corrected chi connectivity index (χ2v) is 4.76. The van der Waals surface area contributed by atoms with Crippen molar-refractivity contribution in [1.82, 2.24) is 14.5 Å². The molecule has 0 aliphatic heterocycles. The molecule has 0 amide bonds. The van der Waals surface area contributed by atoms with Crippen LogP contribution in [0.4, 0.5) is 5.82 Å². The Labute approximate surface area is 92.8 Å². The van der Waals surface area contributed by atoms with Crippen LogP contribution in [0.25, 0.3) is 0 Å². The molecule has 1 heterocycles. The topological polar surface area (TPSA) is 102 Å². The van der Waals surface area contributed by atoms with Gasteiger partial charge in [-0.1, -0.05) is 12.2 Å². The molecule has 0 aliphatic carbocycles. The van der Waals surface area contributed by atoms with Crippen molar-refractivity contribution < 1.29 is 8.42 Å². The molecule has 0 aromatic carbocycles. The zero-order chi connectivity index (χ0) is 11.6. The number of aromatic nitrogens is 2. The van der Waals surface area contributed by atoms with Gasteiger partial charge < -0.3 is 5.73 Å². The lowest BCUT2D eigenvalue weighted by atomic mass is 10.3. The van der Waals surface area contributed by atoms with Crippen LogP contribution in [0.2, 0.25) is 0 Å². The molecule has 0 unspecified atom stereocenters. The minimum Gasteiger partial charge on any atom is -0.389 e. The molecule has 1 aromatic rings. The van der Waals surface area contributed by atoms with E-state index in [0.717, 1.165) is 0 Å². The SMILES string of the molecule is CNS(=O)(=O)Nc1c(C(N)=S)cnn1C. The van der Waals surface area contributed by atoms with Crippen LogP contribution in [0.15, 0.2) is 6.20 Å². The van der Waals surface area contributed by atoms with Gasteiger partial charge in [-0.25, -0.2) is 4.72 Å². The zero-order valence-electron chi connectivity index (χ0n) is 8.18. The Morgan fingerprint density at radius 2 is 2.27 bits per heavy atom. The number of anilines is 1. The second-order valence-electron chi connectivity index (χ2n) is 2.70. The third-order valence-electron chi connectivity index (χ3n) is 1.70. The maximum Gasteiger partial charge on any atom is 0.300 e. The summed E-state index contributed by atoms with van der Waals surface area (Å²) in [6.07, 6.45) is 1.40. The summed E-state index contributed by atoms with van der Waals surface area (Å²) >= 11 is 4.76. The average molecular weight is 249 g/mol. The smallest absolute Gasteiger partial charge is 0.300 e. The quantitative estimate of drug-likeness (QED) is 0.590. The Morgan fingerprint density at radius 1 is 1.67 bits per heavy atom. The maximum atomic E-state index is 11.2. The minimum absolute atomic E-state index is 0.0805. The van der Waals surface area contributed by atoms with E-state index in [1.807, 2.05) is 0 Å². The standard InChI is InChI=1S/C6H11N5O2S2/c1-8-15(12,13)10-6-4(5(7)14)3-9-11(6)2/h3,8,10H,1-2H3,(H2,7,14). The Morgan fingerprint density at radius 3 is 2.73 bits per heavy atom. The van der Waals surface area contributed by atoms with E-state index in [0.29, 0.717) is 5.56 Å². The van der Waals surface area contributed by atoms with Crippen molar-refractivity contribution in [2.24, 2.45) is 12.8 Å². The number of nitrogens with zero attached hydrogens (tertiary/aromatic N) is 2. The summed E-state index contributed by atoms with van der Waals surface area (Å²) < 4.78 is 28.2. The van der Waals surface area contributed by atoms with Crippen LogP contribution in [0.1, 0.15) is 5.56 Å². The Balaban J connectivity index is 3.14. The van der Waals surface area contributed by atoms with Gasteiger partial charge in [0.25, 0.3) is 10.2 Å². The van der Waals surface area contributed by atoms with E-state index >= 15 is 0 Å². The summed E-state index contributed by atoms with van der Waals surface area (Å²) in [5.74, 6) is 0.233. The molecule has 84 valence electrons.